The summed E-state index contributed by atoms with van der Waals surface area (Å²) in [4.78, 5) is 11.1. The number of nitrogens with one attached hydrogen (secondary N) is 1. The molecular weight excluding hydrogens is 241 g/mol. The van der Waals surface area contributed by atoms with Gasteiger partial charge in [0.1, 0.15) is 5.82 Å². The summed E-state index contributed by atoms with van der Waals surface area (Å²) in [6, 6.07) is 0. The summed E-state index contributed by atoms with van der Waals surface area (Å²) in [6.07, 6.45) is 3.51. The minimum Gasteiger partial charge on any atom is -0.333 e. The normalized spacial score (nSPS) is 11.0. The van der Waals surface area contributed by atoms with Crippen LogP contribution in [-0.4, -0.2) is 22.7 Å². The Kier molecular flexibility index (Phi) is 2.85. The van der Waals surface area contributed by atoms with Crippen molar-refractivity contribution >= 4 is 28.8 Å². The van der Waals surface area contributed by atoms with Gasteiger partial charge in [0.25, 0.3) is 0 Å². The van der Waals surface area contributed by atoms with Crippen LogP contribution in [-0.2, 0) is 0 Å². The van der Waals surface area contributed by atoms with E-state index in [1.807, 2.05) is 6.92 Å². The average Bonchev–Trinajstić information content (AvgIpc) is 2.31. The molecule has 0 saturated carbocycles. The first kappa shape index (κ1) is 7.71. The average molecular weight is 249 g/mol. The highest BCUT2D eigenvalue weighted by Gasteiger charge is 1.90. The second-order valence-electron chi connectivity index (χ2n) is 1.74. The van der Waals surface area contributed by atoms with E-state index in [0.717, 1.165) is 16.1 Å². The smallest absolute Gasteiger partial charge is 0.148 e. The molecule has 10 heavy (non-hydrogen) atoms. The first-order valence-corrected chi connectivity index (χ1v) is 4.11. The SMILES string of the molecule is CCN=Cc1ncc(I)[nH]1. The van der Waals surface area contributed by atoms with Crippen LogP contribution in [0.25, 0.3) is 0 Å². The predicted molar refractivity (Wildman–Crippen MR) is 49.4 cm³/mol. The predicted octanol–water partition coefficient (Wildman–Crippen LogP) is 1.45. The van der Waals surface area contributed by atoms with Gasteiger partial charge in [-0.15, -0.1) is 0 Å². The van der Waals surface area contributed by atoms with Crippen molar-refractivity contribution in [2.24, 2.45) is 4.99 Å². The molecule has 54 valence electrons. The fourth-order valence-electron chi connectivity index (χ4n) is 0.556. The van der Waals surface area contributed by atoms with Crippen LogP contribution in [0.4, 0.5) is 0 Å². The van der Waals surface area contributed by atoms with Gasteiger partial charge in [-0.2, -0.15) is 0 Å². The number of halogens is 1. The lowest BCUT2D eigenvalue weighted by Crippen LogP contribution is -1.84. The Morgan fingerprint density at radius 2 is 2.70 bits per heavy atom. The van der Waals surface area contributed by atoms with Gasteiger partial charge in [0.05, 0.1) is 16.1 Å². The molecule has 0 aliphatic carbocycles. The van der Waals surface area contributed by atoms with Crippen molar-refractivity contribution in [1.82, 2.24) is 9.97 Å². The van der Waals surface area contributed by atoms with Crippen LogP contribution in [0.2, 0.25) is 0 Å². The Balaban J connectivity index is 2.67. The van der Waals surface area contributed by atoms with Crippen LogP contribution < -0.4 is 0 Å². The van der Waals surface area contributed by atoms with Gasteiger partial charge in [-0.1, -0.05) is 0 Å². The van der Waals surface area contributed by atoms with Gasteiger partial charge < -0.3 is 4.98 Å². The molecule has 3 nitrogen and oxygen atoms in total. The third-order valence-corrected chi connectivity index (χ3v) is 1.51. The van der Waals surface area contributed by atoms with Crippen molar-refractivity contribution in [2.45, 2.75) is 6.92 Å². The van der Waals surface area contributed by atoms with E-state index in [1.54, 1.807) is 12.4 Å². The minimum atomic E-state index is 0.803. The molecule has 1 N–H and O–H groups in total. The summed E-state index contributed by atoms with van der Waals surface area (Å²) >= 11 is 2.17. The second kappa shape index (κ2) is 3.70. The standard InChI is InChI=1S/C6H8IN3/c1-2-8-4-6-9-3-5(7)10-6/h3-4H,2H2,1H3,(H,9,10). The summed E-state index contributed by atoms with van der Waals surface area (Å²) < 4.78 is 1.04. The number of aromatic nitrogens is 2. The molecule has 0 radical (unpaired) electrons. The molecular formula is C6H8IN3. The molecule has 0 bridgehead atoms. The van der Waals surface area contributed by atoms with Crippen molar-refractivity contribution in [3.05, 3.63) is 15.7 Å². The number of nitrogens with zero attached hydrogens (tertiary/aromatic N) is 2. The summed E-state index contributed by atoms with van der Waals surface area (Å²) in [5, 5.41) is 0. The monoisotopic (exact) mass is 249 g/mol. The van der Waals surface area contributed by atoms with E-state index < -0.39 is 0 Å². The quantitative estimate of drug-likeness (QED) is 0.625. The van der Waals surface area contributed by atoms with E-state index in [-0.39, 0.29) is 0 Å². The summed E-state index contributed by atoms with van der Waals surface area (Å²) in [5.41, 5.74) is 0. The molecule has 0 fully saturated rings. The molecule has 1 rings (SSSR count). The number of hydrogen-bond donors (Lipinski definition) is 1. The van der Waals surface area contributed by atoms with Crippen LogP contribution in [0.1, 0.15) is 12.7 Å². The summed E-state index contributed by atoms with van der Waals surface area (Å²) in [5.74, 6) is 0.825. The lowest BCUT2D eigenvalue weighted by atomic mass is 10.6. The molecule has 0 aliphatic heterocycles. The maximum atomic E-state index is 4.04. The molecule has 4 heteroatoms. The van der Waals surface area contributed by atoms with Crippen molar-refractivity contribution in [1.29, 1.82) is 0 Å². The third kappa shape index (κ3) is 2.09. The molecule has 0 aromatic carbocycles. The molecule has 0 spiro atoms. The Hall–Kier alpha value is -0.390. The minimum absolute atomic E-state index is 0.803. The van der Waals surface area contributed by atoms with Crippen LogP contribution in [0, 0.1) is 3.70 Å². The third-order valence-electron chi connectivity index (χ3n) is 0.961. The fourth-order valence-corrected chi connectivity index (χ4v) is 0.972. The van der Waals surface area contributed by atoms with Crippen molar-refractivity contribution in [3.8, 4) is 0 Å². The Labute approximate surface area is 73.1 Å². The zero-order valence-electron chi connectivity index (χ0n) is 5.63. The van der Waals surface area contributed by atoms with Gasteiger partial charge in [-0.25, -0.2) is 4.98 Å². The Bertz CT molecular complexity index is 229. The van der Waals surface area contributed by atoms with E-state index >= 15 is 0 Å². The highest BCUT2D eigenvalue weighted by Crippen LogP contribution is 1.97. The summed E-state index contributed by atoms with van der Waals surface area (Å²) in [7, 11) is 0. The Morgan fingerprint density at radius 3 is 3.20 bits per heavy atom. The lowest BCUT2D eigenvalue weighted by molar-refractivity contribution is 1.13. The first-order valence-electron chi connectivity index (χ1n) is 3.03. The Morgan fingerprint density at radius 1 is 1.90 bits per heavy atom. The highest BCUT2D eigenvalue weighted by atomic mass is 127. The van der Waals surface area contributed by atoms with E-state index in [0.29, 0.717) is 0 Å². The van der Waals surface area contributed by atoms with E-state index in [2.05, 4.69) is 37.6 Å². The van der Waals surface area contributed by atoms with Gasteiger partial charge in [0, 0.05) is 6.54 Å². The second-order valence-corrected chi connectivity index (χ2v) is 2.91. The van der Waals surface area contributed by atoms with Crippen LogP contribution in [0.15, 0.2) is 11.2 Å². The van der Waals surface area contributed by atoms with E-state index in [9.17, 15) is 0 Å². The molecule has 0 amide bonds. The zero-order chi connectivity index (χ0) is 7.40. The van der Waals surface area contributed by atoms with Gasteiger partial charge in [-0.05, 0) is 29.5 Å². The summed E-state index contributed by atoms with van der Waals surface area (Å²) in [6.45, 7) is 2.79. The topological polar surface area (TPSA) is 41.0 Å². The molecule has 1 heterocycles. The number of hydrogen-bond acceptors (Lipinski definition) is 2. The van der Waals surface area contributed by atoms with Gasteiger partial charge in [0.2, 0.25) is 0 Å². The number of rotatable bonds is 2. The first-order chi connectivity index (χ1) is 4.83. The molecule has 0 saturated heterocycles. The molecule has 0 atom stereocenters. The van der Waals surface area contributed by atoms with Gasteiger partial charge in [0.15, 0.2) is 0 Å². The number of aromatic amines is 1. The maximum Gasteiger partial charge on any atom is 0.148 e. The van der Waals surface area contributed by atoms with Gasteiger partial charge in [-0.3, -0.25) is 4.99 Å². The highest BCUT2D eigenvalue weighted by molar-refractivity contribution is 14.1. The van der Waals surface area contributed by atoms with Crippen LogP contribution >= 0.6 is 22.6 Å². The van der Waals surface area contributed by atoms with Crippen molar-refractivity contribution in [3.63, 3.8) is 0 Å². The largest absolute Gasteiger partial charge is 0.333 e. The van der Waals surface area contributed by atoms with E-state index in [1.165, 1.54) is 0 Å². The maximum absolute atomic E-state index is 4.04. The fraction of sp³-hybridized carbons (Fsp3) is 0.333. The molecule has 0 aliphatic rings. The van der Waals surface area contributed by atoms with Gasteiger partial charge >= 0.3 is 0 Å². The number of aliphatic imine (C=N–C) groups is 1. The van der Waals surface area contributed by atoms with Crippen LogP contribution in [0.3, 0.4) is 0 Å². The molecule has 1 aromatic heterocycles. The molecule has 1 aromatic rings. The number of H-pyrrole nitrogens is 1. The van der Waals surface area contributed by atoms with Crippen molar-refractivity contribution in [2.75, 3.05) is 6.54 Å². The number of imidazole rings is 1. The molecule has 0 unspecified atom stereocenters. The zero-order valence-corrected chi connectivity index (χ0v) is 7.79. The van der Waals surface area contributed by atoms with Crippen molar-refractivity contribution < 1.29 is 0 Å². The van der Waals surface area contributed by atoms with Crippen LogP contribution in [0.5, 0.6) is 0 Å². The lowest BCUT2D eigenvalue weighted by Gasteiger charge is -1.80. The van der Waals surface area contributed by atoms with E-state index in [4.69, 9.17) is 0 Å².